The molecule has 0 aromatic heterocycles. The van der Waals surface area contributed by atoms with Gasteiger partial charge in [-0.2, -0.15) is 0 Å². The minimum Gasteiger partial charge on any atom is -0.354 e. The standard InChI is InChI=1S/C37H42FN3O4S/c1-5-6-22-39-37(43)35(24-30-12-8-7-9-13-30)40(25-31-14-10-11-15-33(31)38)36(42)26-41(34-21-18-28(3)23-29(34)4)46(44,45)32-19-16-27(2)17-20-32/h7-21,23,35H,5-6,22,24-26H2,1-4H3,(H,39,43). The number of halogens is 1. The van der Waals surface area contributed by atoms with Crippen molar-refractivity contribution in [3.63, 3.8) is 0 Å². The Balaban J connectivity index is 1.82. The van der Waals surface area contributed by atoms with E-state index in [4.69, 9.17) is 0 Å². The second-order valence-corrected chi connectivity index (χ2v) is 13.4. The zero-order valence-corrected chi connectivity index (χ0v) is 27.7. The number of amides is 2. The fourth-order valence-electron chi connectivity index (χ4n) is 5.31. The molecule has 4 rings (SSSR count). The van der Waals surface area contributed by atoms with Crippen LogP contribution in [0.15, 0.2) is 102 Å². The molecule has 1 N–H and O–H groups in total. The highest BCUT2D eigenvalue weighted by Gasteiger charge is 2.35. The van der Waals surface area contributed by atoms with Gasteiger partial charge in [0, 0.05) is 25.1 Å². The maximum atomic E-state index is 15.1. The van der Waals surface area contributed by atoms with Gasteiger partial charge in [0.2, 0.25) is 11.8 Å². The molecule has 4 aromatic carbocycles. The van der Waals surface area contributed by atoms with Crippen molar-refractivity contribution in [2.75, 3.05) is 17.4 Å². The molecule has 9 heteroatoms. The maximum absolute atomic E-state index is 15.1. The highest BCUT2D eigenvalue weighted by Crippen LogP contribution is 2.29. The molecule has 0 aliphatic heterocycles. The van der Waals surface area contributed by atoms with E-state index >= 15 is 4.39 Å². The van der Waals surface area contributed by atoms with Crippen LogP contribution in [-0.4, -0.2) is 44.3 Å². The Hall–Kier alpha value is -4.50. The molecular formula is C37H42FN3O4S. The summed E-state index contributed by atoms with van der Waals surface area (Å²) in [6.45, 7) is 7.16. The fraction of sp³-hybridized carbons (Fsp3) is 0.297. The molecule has 0 aliphatic carbocycles. The first-order valence-electron chi connectivity index (χ1n) is 15.5. The van der Waals surface area contributed by atoms with Crippen LogP contribution in [-0.2, 0) is 32.6 Å². The summed E-state index contributed by atoms with van der Waals surface area (Å²) in [5.74, 6) is -1.55. The summed E-state index contributed by atoms with van der Waals surface area (Å²) in [5, 5.41) is 2.94. The third-order valence-corrected chi connectivity index (χ3v) is 9.68. The van der Waals surface area contributed by atoms with Crippen LogP contribution in [0, 0.1) is 26.6 Å². The van der Waals surface area contributed by atoms with Crippen LogP contribution in [0.2, 0.25) is 0 Å². The minimum absolute atomic E-state index is 0.0321. The number of carbonyl (C=O) groups is 2. The number of sulfonamides is 1. The van der Waals surface area contributed by atoms with Gasteiger partial charge in [0.25, 0.3) is 10.0 Å². The molecule has 0 radical (unpaired) electrons. The molecule has 0 spiro atoms. The number of nitrogens with zero attached hydrogens (tertiary/aromatic N) is 2. The van der Waals surface area contributed by atoms with E-state index in [0.29, 0.717) is 17.8 Å². The van der Waals surface area contributed by atoms with E-state index in [1.54, 1.807) is 49.4 Å². The molecule has 1 atom stereocenters. The summed E-state index contributed by atoms with van der Waals surface area (Å²) < 4.78 is 44.6. The second kappa shape index (κ2) is 15.7. The number of unbranched alkanes of at least 4 members (excludes halogenated alkanes) is 1. The molecule has 0 aliphatic rings. The summed E-state index contributed by atoms with van der Waals surface area (Å²) in [7, 11) is -4.23. The van der Waals surface area contributed by atoms with Crippen molar-refractivity contribution >= 4 is 27.5 Å². The van der Waals surface area contributed by atoms with Crippen LogP contribution in [0.25, 0.3) is 0 Å². The highest BCUT2D eigenvalue weighted by atomic mass is 32.2. The lowest BCUT2D eigenvalue weighted by Crippen LogP contribution is -2.53. The van der Waals surface area contributed by atoms with Crippen molar-refractivity contribution in [2.24, 2.45) is 0 Å². The van der Waals surface area contributed by atoms with Crippen LogP contribution in [0.4, 0.5) is 10.1 Å². The Bertz CT molecular complexity index is 1740. The largest absolute Gasteiger partial charge is 0.354 e. The Morgan fingerprint density at radius 3 is 2.15 bits per heavy atom. The second-order valence-electron chi connectivity index (χ2n) is 11.6. The normalized spacial score (nSPS) is 11.9. The number of hydrogen-bond donors (Lipinski definition) is 1. The fourth-order valence-corrected chi connectivity index (χ4v) is 6.78. The monoisotopic (exact) mass is 643 g/mol. The molecule has 7 nitrogen and oxygen atoms in total. The highest BCUT2D eigenvalue weighted by molar-refractivity contribution is 7.92. The lowest BCUT2D eigenvalue weighted by atomic mass is 10.0. The summed E-state index contributed by atoms with van der Waals surface area (Å²) in [6.07, 6.45) is 1.77. The van der Waals surface area contributed by atoms with Crippen LogP contribution >= 0.6 is 0 Å². The van der Waals surface area contributed by atoms with E-state index < -0.39 is 34.3 Å². The Labute approximate surface area is 272 Å². The number of nitrogens with one attached hydrogen (secondary N) is 1. The van der Waals surface area contributed by atoms with Gasteiger partial charge in [-0.25, -0.2) is 12.8 Å². The zero-order valence-electron chi connectivity index (χ0n) is 26.9. The number of benzene rings is 4. The zero-order chi connectivity index (χ0) is 33.3. The molecular weight excluding hydrogens is 601 g/mol. The topological polar surface area (TPSA) is 86.8 Å². The summed E-state index contributed by atoms with van der Waals surface area (Å²) in [4.78, 5) is 29.7. The van der Waals surface area contributed by atoms with Gasteiger partial charge in [0.15, 0.2) is 0 Å². The molecule has 0 bridgehead atoms. The molecule has 2 amide bonds. The van der Waals surface area contributed by atoms with E-state index in [2.05, 4.69) is 5.32 Å². The van der Waals surface area contributed by atoms with Crippen molar-refractivity contribution in [1.29, 1.82) is 0 Å². The Morgan fingerprint density at radius 2 is 1.50 bits per heavy atom. The van der Waals surface area contributed by atoms with Crippen molar-refractivity contribution in [2.45, 2.75) is 64.4 Å². The summed E-state index contributed by atoms with van der Waals surface area (Å²) >= 11 is 0. The number of rotatable bonds is 14. The van der Waals surface area contributed by atoms with Crippen LogP contribution in [0.5, 0.6) is 0 Å². The smallest absolute Gasteiger partial charge is 0.264 e. The van der Waals surface area contributed by atoms with Crippen molar-refractivity contribution in [1.82, 2.24) is 10.2 Å². The van der Waals surface area contributed by atoms with Crippen molar-refractivity contribution < 1.29 is 22.4 Å². The van der Waals surface area contributed by atoms with E-state index in [1.165, 1.54) is 23.1 Å². The van der Waals surface area contributed by atoms with E-state index in [1.807, 2.05) is 57.2 Å². The summed E-state index contributed by atoms with van der Waals surface area (Å²) in [5.41, 5.74) is 3.87. The van der Waals surface area contributed by atoms with E-state index in [0.717, 1.165) is 33.8 Å². The molecule has 0 saturated carbocycles. The third kappa shape index (κ3) is 8.60. The number of anilines is 1. The molecule has 0 fully saturated rings. The van der Waals surface area contributed by atoms with Gasteiger partial charge in [-0.15, -0.1) is 0 Å². The average molecular weight is 644 g/mol. The molecule has 4 aromatic rings. The van der Waals surface area contributed by atoms with Crippen LogP contribution in [0.3, 0.4) is 0 Å². The lowest BCUT2D eigenvalue weighted by Gasteiger charge is -2.34. The SMILES string of the molecule is CCCCNC(=O)C(Cc1ccccc1)N(Cc1ccccc1F)C(=O)CN(c1ccc(C)cc1C)S(=O)(=O)c1ccc(C)cc1. The van der Waals surface area contributed by atoms with Gasteiger partial charge >= 0.3 is 0 Å². The van der Waals surface area contributed by atoms with Gasteiger partial charge in [0.05, 0.1) is 10.6 Å². The van der Waals surface area contributed by atoms with E-state index in [-0.39, 0.29) is 29.3 Å². The molecule has 242 valence electrons. The van der Waals surface area contributed by atoms with E-state index in [9.17, 15) is 18.0 Å². The van der Waals surface area contributed by atoms with Gasteiger partial charge in [-0.1, -0.05) is 97.3 Å². The van der Waals surface area contributed by atoms with Crippen molar-refractivity contribution in [3.05, 3.63) is 131 Å². The van der Waals surface area contributed by atoms with Crippen LogP contribution in [0.1, 0.15) is 47.6 Å². The van der Waals surface area contributed by atoms with Gasteiger partial charge < -0.3 is 10.2 Å². The first-order valence-corrected chi connectivity index (χ1v) is 17.0. The van der Waals surface area contributed by atoms with Crippen LogP contribution < -0.4 is 9.62 Å². The first-order chi connectivity index (χ1) is 22.0. The summed E-state index contributed by atoms with van der Waals surface area (Å²) in [6, 6.07) is 26.1. The number of carbonyl (C=O) groups excluding carboxylic acids is 2. The third-order valence-electron chi connectivity index (χ3n) is 7.91. The molecule has 0 heterocycles. The quantitative estimate of drug-likeness (QED) is 0.159. The minimum atomic E-state index is -4.23. The Kier molecular flexibility index (Phi) is 11.7. The number of hydrogen-bond acceptors (Lipinski definition) is 4. The molecule has 1 unspecified atom stereocenters. The number of aryl methyl sites for hydroxylation is 3. The average Bonchev–Trinajstić information content (AvgIpc) is 3.03. The predicted octanol–water partition coefficient (Wildman–Crippen LogP) is 6.50. The molecule has 0 saturated heterocycles. The van der Waals surface area contributed by atoms with Gasteiger partial charge in [-0.3, -0.25) is 13.9 Å². The maximum Gasteiger partial charge on any atom is 0.264 e. The van der Waals surface area contributed by atoms with Gasteiger partial charge in [-0.05, 0) is 62.6 Å². The first kappa shape index (κ1) is 34.4. The molecule has 46 heavy (non-hydrogen) atoms. The lowest BCUT2D eigenvalue weighted by molar-refractivity contribution is -0.140. The predicted molar refractivity (Wildman–Crippen MR) is 180 cm³/mol. The van der Waals surface area contributed by atoms with Crippen molar-refractivity contribution in [3.8, 4) is 0 Å². The Morgan fingerprint density at radius 1 is 0.848 bits per heavy atom. The van der Waals surface area contributed by atoms with Gasteiger partial charge in [0.1, 0.15) is 18.4 Å².